The highest BCUT2D eigenvalue weighted by Gasteiger charge is 2.19. The van der Waals surface area contributed by atoms with Crippen LogP contribution in [-0.2, 0) is 27.1 Å². The first-order chi connectivity index (χ1) is 10.3. The van der Waals surface area contributed by atoms with Gasteiger partial charge in [0, 0.05) is 20.0 Å². The molecule has 0 saturated heterocycles. The van der Waals surface area contributed by atoms with Crippen LogP contribution in [0.4, 0.5) is 0 Å². The zero-order chi connectivity index (χ0) is 14.9. The maximum atomic E-state index is 12.0. The van der Waals surface area contributed by atoms with Gasteiger partial charge in [0.2, 0.25) is 0 Å². The Balaban J connectivity index is 1.80. The summed E-state index contributed by atoms with van der Waals surface area (Å²) in [4.78, 5) is 12.0. The maximum absolute atomic E-state index is 12.0. The lowest BCUT2D eigenvalue weighted by Gasteiger charge is -2.14. The van der Waals surface area contributed by atoms with Crippen molar-refractivity contribution in [3.05, 3.63) is 71.8 Å². The summed E-state index contributed by atoms with van der Waals surface area (Å²) >= 11 is 0. The van der Waals surface area contributed by atoms with Crippen LogP contribution in [0.2, 0.25) is 0 Å². The van der Waals surface area contributed by atoms with Crippen LogP contribution in [0.5, 0.6) is 0 Å². The molecule has 0 amide bonds. The first-order valence-electron chi connectivity index (χ1n) is 7.07. The molecule has 0 N–H and O–H groups in total. The van der Waals surface area contributed by atoms with Gasteiger partial charge in [-0.25, -0.2) is 4.79 Å². The number of benzene rings is 2. The third kappa shape index (κ3) is 5.04. The van der Waals surface area contributed by atoms with Crippen molar-refractivity contribution >= 4 is 5.97 Å². The fourth-order valence-corrected chi connectivity index (χ4v) is 2.10. The third-order valence-electron chi connectivity index (χ3n) is 3.29. The van der Waals surface area contributed by atoms with E-state index in [2.05, 4.69) is 0 Å². The Morgan fingerprint density at radius 2 is 1.52 bits per heavy atom. The molecule has 0 heterocycles. The molecule has 3 nitrogen and oxygen atoms in total. The van der Waals surface area contributed by atoms with Gasteiger partial charge < -0.3 is 9.47 Å². The van der Waals surface area contributed by atoms with Crippen molar-refractivity contribution in [3.63, 3.8) is 0 Å². The maximum Gasteiger partial charge on any atom is 0.335 e. The molecule has 21 heavy (non-hydrogen) atoms. The van der Waals surface area contributed by atoms with Crippen LogP contribution in [-0.4, -0.2) is 25.8 Å². The van der Waals surface area contributed by atoms with E-state index in [1.807, 2.05) is 60.7 Å². The van der Waals surface area contributed by atoms with Gasteiger partial charge in [0.05, 0.1) is 6.61 Å². The molecule has 0 radical (unpaired) electrons. The summed E-state index contributed by atoms with van der Waals surface area (Å²) in [6.07, 6.45) is 0.693. The van der Waals surface area contributed by atoms with Crippen LogP contribution in [0.1, 0.15) is 11.1 Å². The second-order valence-corrected chi connectivity index (χ2v) is 4.82. The molecule has 0 fully saturated rings. The number of carbonyl (C=O) groups excluding carboxylic acids is 1. The SMILES string of the molecule is CO[C@@H](Cc1ccccc1)C(=O)OCCc1ccccc1. The minimum Gasteiger partial charge on any atom is -0.463 e. The monoisotopic (exact) mass is 284 g/mol. The van der Waals surface area contributed by atoms with E-state index >= 15 is 0 Å². The summed E-state index contributed by atoms with van der Waals surface area (Å²) in [7, 11) is 1.53. The van der Waals surface area contributed by atoms with Crippen molar-refractivity contribution in [2.75, 3.05) is 13.7 Å². The molecule has 3 heteroatoms. The Labute approximate surface area is 125 Å². The molecular formula is C18H20O3. The van der Waals surface area contributed by atoms with E-state index in [1.54, 1.807) is 0 Å². The van der Waals surface area contributed by atoms with Crippen LogP contribution in [0.25, 0.3) is 0 Å². The second kappa shape index (κ2) is 8.22. The quantitative estimate of drug-likeness (QED) is 0.733. The Kier molecular flexibility index (Phi) is 5.98. The van der Waals surface area contributed by atoms with Crippen molar-refractivity contribution in [2.45, 2.75) is 18.9 Å². The van der Waals surface area contributed by atoms with E-state index in [4.69, 9.17) is 9.47 Å². The summed E-state index contributed by atoms with van der Waals surface area (Å²) < 4.78 is 10.6. The Morgan fingerprint density at radius 1 is 0.952 bits per heavy atom. The number of carbonyl (C=O) groups is 1. The van der Waals surface area contributed by atoms with Gasteiger partial charge in [-0.3, -0.25) is 0 Å². The zero-order valence-electron chi connectivity index (χ0n) is 12.2. The fraction of sp³-hybridized carbons (Fsp3) is 0.278. The molecule has 2 aromatic carbocycles. The number of methoxy groups -OCH3 is 1. The first-order valence-corrected chi connectivity index (χ1v) is 7.07. The lowest BCUT2D eigenvalue weighted by atomic mass is 10.1. The van der Waals surface area contributed by atoms with Crippen LogP contribution < -0.4 is 0 Å². The number of hydrogen-bond donors (Lipinski definition) is 0. The molecule has 0 aliphatic carbocycles. The average Bonchev–Trinajstić information content (AvgIpc) is 2.54. The van der Waals surface area contributed by atoms with E-state index in [0.717, 1.165) is 11.1 Å². The lowest BCUT2D eigenvalue weighted by molar-refractivity contribution is -0.155. The van der Waals surface area contributed by atoms with Crippen LogP contribution in [0.3, 0.4) is 0 Å². The number of ether oxygens (including phenoxy) is 2. The van der Waals surface area contributed by atoms with Crippen LogP contribution in [0, 0.1) is 0 Å². The molecule has 0 spiro atoms. The summed E-state index contributed by atoms with van der Waals surface area (Å²) in [6.45, 7) is 0.373. The molecule has 0 aliphatic heterocycles. The highest BCUT2D eigenvalue weighted by molar-refractivity contribution is 5.75. The van der Waals surface area contributed by atoms with Crippen molar-refractivity contribution < 1.29 is 14.3 Å². The molecule has 2 rings (SSSR count). The molecule has 0 unspecified atom stereocenters. The highest BCUT2D eigenvalue weighted by Crippen LogP contribution is 2.08. The standard InChI is InChI=1S/C18H20O3/c1-20-17(14-16-10-6-3-7-11-16)18(19)21-13-12-15-8-4-2-5-9-15/h2-11,17H,12-14H2,1H3/t17-/m0/s1. The van der Waals surface area contributed by atoms with Gasteiger partial charge in [0.15, 0.2) is 6.10 Å². The first kappa shape index (κ1) is 15.3. The Hall–Kier alpha value is -2.13. The predicted octanol–water partition coefficient (Wildman–Crippen LogP) is 3.03. The molecule has 2 aromatic rings. The minimum atomic E-state index is -0.553. The molecule has 0 aromatic heterocycles. The molecule has 0 bridgehead atoms. The van der Waals surface area contributed by atoms with E-state index in [9.17, 15) is 4.79 Å². The average molecular weight is 284 g/mol. The van der Waals surface area contributed by atoms with E-state index < -0.39 is 6.10 Å². The van der Waals surface area contributed by atoms with Gasteiger partial charge in [-0.2, -0.15) is 0 Å². The molecule has 1 atom stereocenters. The van der Waals surface area contributed by atoms with Gasteiger partial charge in [-0.15, -0.1) is 0 Å². The molecule has 0 saturated carbocycles. The number of hydrogen-bond acceptors (Lipinski definition) is 3. The summed E-state index contributed by atoms with van der Waals surface area (Å²) in [5.41, 5.74) is 2.21. The number of esters is 1. The number of rotatable bonds is 7. The van der Waals surface area contributed by atoms with E-state index in [-0.39, 0.29) is 5.97 Å². The van der Waals surface area contributed by atoms with E-state index in [1.165, 1.54) is 7.11 Å². The molecule has 0 aliphatic rings. The van der Waals surface area contributed by atoms with Crippen molar-refractivity contribution in [3.8, 4) is 0 Å². The Bertz CT molecular complexity index is 537. The molecular weight excluding hydrogens is 264 g/mol. The van der Waals surface area contributed by atoms with Gasteiger partial charge in [-0.05, 0) is 11.1 Å². The fourth-order valence-electron chi connectivity index (χ4n) is 2.10. The smallest absolute Gasteiger partial charge is 0.335 e. The zero-order valence-corrected chi connectivity index (χ0v) is 12.2. The molecule has 110 valence electrons. The predicted molar refractivity (Wildman–Crippen MR) is 82.0 cm³/mol. The summed E-state index contributed by atoms with van der Waals surface area (Å²) in [5.74, 6) is -0.308. The normalized spacial score (nSPS) is 11.9. The highest BCUT2D eigenvalue weighted by atomic mass is 16.6. The van der Waals surface area contributed by atoms with Crippen molar-refractivity contribution in [1.29, 1.82) is 0 Å². The summed E-state index contributed by atoms with van der Waals surface area (Å²) in [5, 5.41) is 0. The minimum absolute atomic E-state index is 0.308. The van der Waals surface area contributed by atoms with Crippen LogP contribution >= 0.6 is 0 Å². The largest absolute Gasteiger partial charge is 0.463 e. The lowest BCUT2D eigenvalue weighted by Crippen LogP contribution is -2.28. The Morgan fingerprint density at radius 3 is 2.10 bits per heavy atom. The topological polar surface area (TPSA) is 35.5 Å². The van der Waals surface area contributed by atoms with Gasteiger partial charge in [0.1, 0.15) is 0 Å². The van der Waals surface area contributed by atoms with Crippen molar-refractivity contribution in [2.24, 2.45) is 0 Å². The van der Waals surface area contributed by atoms with E-state index in [0.29, 0.717) is 19.4 Å². The summed E-state index contributed by atoms with van der Waals surface area (Å²) in [6, 6.07) is 19.8. The van der Waals surface area contributed by atoms with Gasteiger partial charge in [-0.1, -0.05) is 60.7 Å². The van der Waals surface area contributed by atoms with Gasteiger partial charge in [0.25, 0.3) is 0 Å². The van der Waals surface area contributed by atoms with Crippen LogP contribution in [0.15, 0.2) is 60.7 Å². The third-order valence-corrected chi connectivity index (χ3v) is 3.29. The second-order valence-electron chi connectivity index (χ2n) is 4.82. The van der Waals surface area contributed by atoms with Crippen molar-refractivity contribution in [1.82, 2.24) is 0 Å². The van der Waals surface area contributed by atoms with Gasteiger partial charge >= 0.3 is 5.97 Å².